The van der Waals surface area contributed by atoms with Crippen molar-refractivity contribution < 1.29 is 13.2 Å². The van der Waals surface area contributed by atoms with Gasteiger partial charge in [0.1, 0.15) is 5.82 Å². The van der Waals surface area contributed by atoms with Gasteiger partial charge in [0.05, 0.1) is 12.2 Å². The van der Waals surface area contributed by atoms with Gasteiger partial charge in [0.15, 0.2) is 0 Å². The molecule has 1 N–H and O–H groups in total. The molecule has 156 valence electrons. The maximum atomic E-state index is 12.6. The summed E-state index contributed by atoms with van der Waals surface area (Å²) in [6.07, 6.45) is 2.37. The summed E-state index contributed by atoms with van der Waals surface area (Å²) >= 11 is 5.83. The second-order valence-corrected chi connectivity index (χ2v) is 9.42. The number of anilines is 1. The molecule has 0 aliphatic carbocycles. The number of aromatic nitrogens is 1. The van der Waals surface area contributed by atoms with E-state index in [0.29, 0.717) is 44.2 Å². The maximum Gasteiger partial charge on any atom is 0.224 e. The van der Waals surface area contributed by atoms with Gasteiger partial charge in [-0.25, -0.2) is 13.4 Å². The lowest BCUT2D eigenvalue weighted by atomic mass is 10.1. The molecule has 0 bridgehead atoms. The summed E-state index contributed by atoms with van der Waals surface area (Å²) in [7, 11) is -3.33. The number of carbonyl (C=O) groups excluding carboxylic acids is 1. The Morgan fingerprint density at radius 1 is 1.07 bits per heavy atom. The van der Waals surface area contributed by atoms with Crippen molar-refractivity contribution in [1.29, 1.82) is 0 Å². The van der Waals surface area contributed by atoms with Gasteiger partial charge in [-0.15, -0.1) is 0 Å². The Labute approximate surface area is 176 Å². The Morgan fingerprint density at radius 3 is 2.45 bits per heavy atom. The number of rotatable bonds is 8. The van der Waals surface area contributed by atoms with Crippen molar-refractivity contribution in [3.05, 3.63) is 59.2 Å². The van der Waals surface area contributed by atoms with E-state index in [1.807, 2.05) is 18.2 Å². The van der Waals surface area contributed by atoms with Gasteiger partial charge in [0, 0.05) is 43.9 Å². The fourth-order valence-electron chi connectivity index (χ4n) is 3.20. The van der Waals surface area contributed by atoms with Gasteiger partial charge in [-0.05, 0) is 36.2 Å². The molecule has 1 aromatic carbocycles. The van der Waals surface area contributed by atoms with Crippen LogP contribution < -0.4 is 10.2 Å². The van der Waals surface area contributed by atoms with Crippen LogP contribution in [0.25, 0.3) is 0 Å². The smallest absolute Gasteiger partial charge is 0.224 e. The summed E-state index contributed by atoms with van der Waals surface area (Å²) in [5.41, 5.74) is 0.866. The third-order valence-corrected chi connectivity index (χ3v) is 6.99. The molecule has 1 aromatic heterocycles. The van der Waals surface area contributed by atoms with Crippen LogP contribution in [0.4, 0.5) is 5.82 Å². The highest BCUT2D eigenvalue weighted by Gasteiger charge is 2.26. The van der Waals surface area contributed by atoms with Gasteiger partial charge in [0.2, 0.25) is 15.9 Å². The summed E-state index contributed by atoms with van der Waals surface area (Å²) in [5.74, 6) is 0.763. The Hall–Kier alpha value is -2.16. The number of hydrogen-bond acceptors (Lipinski definition) is 5. The summed E-state index contributed by atoms with van der Waals surface area (Å²) in [4.78, 5) is 18.4. The van der Waals surface area contributed by atoms with Crippen molar-refractivity contribution in [1.82, 2.24) is 14.6 Å². The lowest BCUT2D eigenvalue weighted by Gasteiger charge is -2.34. The molecule has 1 fully saturated rings. The second-order valence-electron chi connectivity index (χ2n) is 6.90. The van der Waals surface area contributed by atoms with Crippen LogP contribution in [0.15, 0.2) is 48.7 Å². The van der Waals surface area contributed by atoms with Crippen LogP contribution in [0.2, 0.25) is 5.02 Å². The first-order valence-corrected chi connectivity index (χ1v) is 11.6. The standard InChI is InChI=1S/C20H25ClN4O3S/c21-18-7-5-17(6-8-18)16-20(26)23-10-3-15-29(27,28)25-13-11-24(12-14-25)19-4-1-2-9-22-19/h1-2,4-9H,3,10-16H2,(H,23,26). The van der Waals surface area contributed by atoms with E-state index in [-0.39, 0.29) is 18.1 Å². The fourth-order valence-corrected chi connectivity index (χ4v) is 4.81. The average Bonchev–Trinajstić information content (AvgIpc) is 2.74. The van der Waals surface area contributed by atoms with E-state index in [1.54, 1.807) is 30.5 Å². The van der Waals surface area contributed by atoms with E-state index in [4.69, 9.17) is 11.6 Å². The molecule has 1 aliphatic rings. The summed E-state index contributed by atoms with van der Waals surface area (Å²) in [6.45, 7) is 2.46. The molecular formula is C20H25ClN4O3S. The largest absolute Gasteiger partial charge is 0.356 e. The minimum Gasteiger partial charge on any atom is -0.356 e. The van der Waals surface area contributed by atoms with E-state index in [9.17, 15) is 13.2 Å². The lowest BCUT2D eigenvalue weighted by molar-refractivity contribution is -0.120. The molecular weight excluding hydrogens is 412 g/mol. The number of nitrogens with one attached hydrogen (secondary N) is 1. The molecule has 1 amide bonds. The van der Waals surface area contributed by atoms with Gasteiger partial charge < -0.3 is 10.2 Å². The summed E-state index contributed by atoms with van der Waals surface area (Å²) < 4.78 is 26.7. The summed E-state index contributed by atoms with van der Waals surface area (Å²) in [6, 6.07) is 12.8. The number of amides is 1. The number of halogens is 1. The zero-order valence-electron chi connectivity index (χ0n) is 16.1. The third-order valence-electron chi connectivity index (χ3n) is 4.78. The molecule has 0 spiro atoms. The van der Waals surface area contributed by atoms with Crippen LogP contribution in [0.1, 0.15) is 12.0 Å². The molecule has 0 radical (unpaired) electrons. The number of piperazine rings is 1. The summed E-state index contributed by atoms with van der Waals surface area (Å²) in [5, 5.41) is 3.40. The van der Waals surface area contributed by atoms with Crippen LogP contribution in [0, 0.1) is 0 Å². The predicted octanol–water partition coefficient (Wildman–Crippen LogP) is 1.94. The van der Waals surface area contributed by atoms with Crippen molar-refractivity contribution in [2.75, 3.05) is 43.4 Å². The Morgan fingerprint density at radius 2 is 1.79 bits per heavy atom. The van der Waals surface area contributed by atoms with Gasteiger partial charge in [0.25, 0.3) is 0 Å². The van der Waals surface area contributed by atoms with E-state index in [2.05, 4.69) is 15.2 Å². The fraction of sp³-hybridized carbons (Fsp3) is 0.400. The zero-order chi connectivity index (χ0) is 20.7. The van der Waals surface area contributed by atoms with Gasteiger partial charge in [-0.2, -0.15) is 4.31 Å². The molecule has 7 nitrogen and oxygen atoms in total. The second kappa shape index (κ2) is 10.0. The number of carbonyl (C=O) groups is 1. The van der Waals surface area contributed by atoms with Crippen LogP contribution in [-0.2, 0) is 21.2 Å². The van der Waals surface area contributed by atoms with Gasteiger partial charge in [-0.1, -0.05) is 29.8 Å². The van der Waals surface area contributed by atoms with Crippen molar-refractivity contribution in [3.63, 3.8) is 0 Å². The topological polar surface area (TPSA) is 82.6 Å². The van der Waals surface area contributed by atoms with E-state index >= 15 is 0 Å². The highest BCUT2D eigenvalue weighted by Crippen LogP contribution is 2.15. The van der Waals surface area contributed by atoms with Crippen molar-refractivity contribution in [2.45, 2.75) is 12.8 Å². The quantitative estimate of drug-likeness (QED) is 0.639. The SMILES string of the molecule is O=C(Cc1ccc(Cl)cc1)NCCCS(=O)(=O)N1CCN(c2ccccn2)CC1. The number of benzene rings is 1. The predicted molar refractivity (Wildman–Crippen MR) is 115 cm³/mol. The molecule has 2 aromatic rings. The van der Waals surface area contributed by atoms with E-state index < -0.39 is 10.0 Å². The molecule has 0 unspecified atom stereocenters. The lowest BCUT2D eigenvalue weighted by Crippen LogP contribution is -2.49. The number of hydrogen-bond donors (Lipinski definition) is 1. The monoisotopic (exact) mass is 436 g/mol. The van der Waals surface area contributed by atoms with Crippen LogP contribution in [-0.4, -0.2) is 62.1 Å². The minimum absolute atomic E-state index is 0.0256. The first-order valence-electron chi connectivity index (χ1n) is 9.59. The van der Waals surface area contributed by atoms with Crippen LogP contribution in [0.5, 0.6) is 0 Å². The molecule has 2 heterocycles. The Bertz CT molecular complexity index is 899. The highest BCUT2D eigenvalue weighted by molar-refractivity contribution is 7.89. The van der Waals surface area contributed by atoms with Gasteiger partial charge in [-0.3, -0.25) is 4.79 Å². The number of sulfonamides is 1. The number of pyridine rings is 1. The molecule has 29 heavy (non-hydrogen) atoms. The van der Waals surface area contributed by atoms with Crippen molar-refractivity contribution >= 4 is 33.3 Å². The zero-order valence-corrected chi connectivity index (χ0v) is 17.7. The van der Waals surface area contributed by atoms with E-state index in [0.717, 1.165) is 11.4 Å². The molecule has 0 saturated carbocycles. The van der Waals surface area contributed by atoms with Gasteiger partial charge >= 0.3 is 0 Å². The Balaban J connectivity index is 1.38. The van der Waals surface area contributed by atoms with Crippen molar-refractivity contribution in [2.24, 2.45) is 0 Å². The first kappa shape index (κ1) is 21.5. The third kappa shape index (κ3) is 6.42. The minimum atomic E-state index is -3.33. The molecule has 0 atom stereocenters. The van der Waals surface area contributed by atoms with Crippen LogP contribution in [0.3, 0.4) is 0 Å². The highest BCUT2D eigenvalue weighted by atomic mass is 35.5. The Kier molecular flexibility index (Phi) is 7.46. The van der Waals surface area contributed by atoms with E-state index in [1.165, 1.54) is 4.31 Å². The molecule has 1 aliphatic heterocycles. The molecule has 9 heteroatoms. The van der Waals surface area contributed by atoms with Crippen LogP contribution >= 0.6 is 11.6 Å². The normalized spacial score (nSPS) is 15.3. The maximum absolute atomic E-state index is 12.6. The first-order chi connectivity index (χ1) is 13.9. The average molecular weight is 437 g/mol. The molecule has 3 rings (SSSR count). The van der Waals surface area contributed by atoms with Crippen molar-refractivity contribution in [3.8, 4) is 0 Å². The molecule has 1 saturated heterocycles. The number of nitrogens with zero attached hydrogens (tertiary/aromatic N) is 3.